The molecule has 1 aliphatic rings. The number of piperazine rings is 1. The fourth-order valence-corrected chi connectivity index (χ4v) is 4.31. The molecular weight excluding hydrogens is 412 g/mol. The van der Waals surface area contributed by atoms with Crippen molar-refractivity contribution in [1.29, 1.82) is 0 Å². The second-order valence-corrected chi connectivity index (χ2v) is 8.21. The fraction of sp³-hybridized carbons (Fsp3) is 0.263. The Balaban J connectivity index is 1.30. The Hall–Kier alpha value is -1.96. The molecule has 0 unspecified atom stereocenters. The number of para-hydroxylation sites is 1. The number of halogens is 1. The smallest absolute Gasteiger partial charge is 0.238 e. The van der Waals surface area contributed by atoms with E-state index >= 15 is 0 Å². The molecule has 26 heavy (non-hydrogen) atoms. The summed E-state index contributed by atoms with van der Waals surface area (Å²) in [5.74, 6) is 0.0285. The van der Waals surface area contributed by atoms with Gasteiger partial charge in [-0.25, -0.2) is 4.98 Å². The second-order valence-electron chi connectivity index (χ2n) is 6.28. The highest BCUT2D eigenvalue weighted by molar-refractivity contribution is 9.10. The number of thiazole rings is 1. The summed E-state index contributed by atoms with van der Waals surface area (Å²) in [6, 6.07) is 15.9. The minimum Gasteiger partial charge on any atom is -0.345 e. The molecule has 7 heteroatoms. The van der Waals surface area contributed by atoms with Crippen molar-refractivity contribution in [2.75, 3.05) is 42.9 Å². The number of anilines is 2. The molecule has 1 aliphatic heterocycles. The van der Waals surface area contributed by atoms with Gasteiger partial charge in [0.05, 0.1) is 16.8 Å². The first-order chi connectivity index (χ1) is 12.7. The van der Waals surface area contributed by atoms with Crippen LogP contribution in [0.25, 0.3) is 10.2 Å². The molecule has 0 bridgehead atoms. The van der Waals surface area contributed by atoms with Gasteiger partial charge in [0.2, 0.25) is 5.91 Å². The van der Waals surface area contributed by atoms with E-state index in [0.717, 1.165) is 47.0 Å². The van der Waals surface area contributed by atoms with E-state index in [1.165, 1.54) is 4.70 Å². The maximum absolute atomic E-state index is 12.2. The lowest BCUT2D eigenvalue weighted by Crippen LogP contribution is -2.48. The van der Waals surface area contributed by atoms with Crippen LogP contribution in [0.4, 0.5) is 10.8 Å². The van der Waals surface area contributed by atoms with Gasteiger partial charge in [0.15, 0.2) is 5.13 Å². The van der Waals surface area contributed by atoms with Crippen LogP contribution in [0.3, 0.4) is 0 Å². The monoisotopic (exact) mass is 430 g/mol. The van der Waals surface area contributed by atoms with Gasteiger partial charge in [-0.05, 0) is 36.4 Å². The standard InChI is InChI=1S/C19H19BrN4OS/c20-14-5-7-15(8-6-14)21-18(25)13-23-9-11-24(12-10-23)19-22-16-3-1-2-4-17(16)26-19/h1-8H,9-13H2,(H,21,25). The third kappa shape index (κ3) is 4.06. The van der Waals surface area contributed by atoms with Crippen molar-refractivity contribution in [3.05, 3.63) is 53.0 Å². The van der Waals surface area contributed by atoms with Gasteiger partial charge in [-0.1, -0.05) is 39.4 Å². The van der Waals surface area contributed by atoms with Gasteiger partial charge < -0.3 is 10.2 Å². The van der Waals surface area contributed by atoms with Crippen molar-refractivity contribution in [1.82, 2.24) is 9.88 Å². The zero-order valence-electron chi connectivity index (χ0n) is 14.2. The summed E-state index contributed by atoms with van der Waals surface area (Å²) in [5.41, 5.74) is 1.88. The molecule has 2 heterocycles. The maximum atomic E-state index is 12.2. The molecule has 1 amide bonds. The highest BCUT2D eigenvalue weighted by Crippen LogP contribution is 2.29. The Morgan fingerprint density at radius 1 is 1.08 bits per heavy atom. The molecular formula is C19H19BrN4OS. The van der Waals surface area contributed by atoms with Crippen LogP contribution in [-0.2, 0) is 4.79 Å². The van der Waals surface area contributed by atoms with Crippen LogP contribution in [0, 0.1) is 0 Å². The van der Waals surface area contributed by atoms with Gasteiger partial charge in [0, 0.05) is 36.3 Å². The predicted octanol–water partition coefficient (Wildman–Crippen LogP) is 3.82. The number of fused-ring (bicyclic) bond motifs is 1. The maximum Gasteiger partial charge on any atom is 0.238 e. The molecule has 1 saturated heterocycles. The molecule has 0 spiro atoms. The number of carbonyl (C=O) groups is 1. The molecule has 0 aliphatic carbocycles. The second kappa shape index (κ2) is 7.73. The average Bonchev–Trinajstić information content (AvgIpc) is 3.08. The molecule has 3 aromatic rings. The van der Waals surface area contributed by atoms with Crippen molar-refractivity contribution in [3.63, 3.8) is 0 Å². The molecule has 2 aromatic carbocycles. The van der Waals surface area contributed by atoms with Gasteiger partial charge in [0.1, 0.15) is 0 Å². The fourth-order valence-electron chi connectivity index (χ4n) is 3.03. The van der Waals surface area contributed by atoms with Crippen LogP contribution in [-0.4, -0.2) is 48.5 Å². The van der Waals surface area contributed by atoms with E-state index in [9.17, 15) is 4.79 Å². The first-order valence-electron chi connectivity index (χ1n) is 8.56. The number of hydrogen-bond acceptors (Lipinski definition) is 5. The Bertz CT molecular complexity index is 870. The molecule has 0 atom stereocenters. The van der Waals surface area contributed by atoms with Crippen molar-refractivity contribution in [3.8, 4) is 0 Å². The SMILES string of the molecule is O=C(CN1CCN(c2nc3ccccc3s2)CC1)Nc1ccc(Br)cc1. The lowest BCUT2D eigenvalue weighted by atomic mass is 10.3. The van der Waals surface area contributed by atoms with Crippen molar-refractivity contribution >= 4 is 54.2 Å². The van der Waals surface area contributed by atoms with E-state index in [2.05, 4.69) is 43.2 Å². The molecule has 134 valence electrons. The molecule has 1 N–H and O–H groups in total. The number of benzene rings is 2. The van der Waals surface area contributed by atoms with Crippen LogP contribution in [0.5, 0.6) is 0 Å². The summed E-state index contributed by atoms with van der Waals surface area (Å²) in [5, 5.41) is 4.03. The number of rotatable bonds is 4. The van der Waals surface area contributed by atoms with Gasteiger partial charge >= 0.3 is 0 Å². The number of hydrogen-bond donors (Lipinski definition) is 1. The van der Waals surface area contributed by atoms with E-state index in [1.807, 2.05) is 36.4 Å². The van der Waals surface area contributed by atoms with Gasteiger partial charge in [-0.15, -0.1) is 0 Å². The van der Waals surface area contributed by atoms with E-state index < -0.39 is 0 Å². The summed E-state index contributed by atoms with van der Waals surface area (Å²) >= 11 is 5.13. The van der Waals surface area contributed by atoms with Crippen LogP contribution in [0.2, 0.25) is 0 Å². The minimum atomic E-state index is 0.0285. The third-order valence-corrected chi connectivity index (χ3v) is 6.05. The quantitative estimate of drug-likeness (QED) is 0.683. The highest BCUT2D eigenvalue weighted by atomic mass is 79.9. The Morgan fingerprint density at radius 3 is 2.54 bits per heavy atom. The zero-order chi connectivity index (χ0) is 17.9. The van der Waals surface area contributed by atoms with Crippen LogP contribution in [0.15, 0.2) is 53.0 Å². The van der Waals surface area contributed by atoms with E-state index in [4.69, 9.17) is 4.98 Å². The zero-order valence-corrected chi connectivity index (χ0v) is 16.6. The Kier molecular flexibility index (Phi) is 5.19. The summed E-state index contributed by atoms with van der Waals surface area (Å²) < 4.78 is 2.22. The number of carbonyl (C=O) groups excluding carboxylic acids is 1. The van der Waals surface area contributed by atoms with E-state index in [0.29, 0.717) is 6.54 Å². The largest absolute Gasteiger partial charge is 0.345 e. The van der Waals surface area contributed by atoms with Gasteiger partial charge in [-0.2, -0.15) is 0 Å². The third-order valence-electron chi connectivity index (χ3n) is 4.42. The van der Waals surface area contributed by atoms with Crippen LogP contribution in [0.1, 0.15) is 0 Å². The predicted molar refractivity (Wildman–Crippen MR) is 111 cm³/mol. The van der Waals surface area contributed by atoms with Crippen molar-refractivity contribution < 1.29 is 4.79 Å². The van der Waals surface area contributed by atoms with Crippen molar-refractivity contribution in [2.24, 2.45) is 0 Å². The average molecular weight is 431 g/mol. The molecule has 1 fully saturated rings. The lowest BCUT2D eigenvalue weighted by molar-refractivity contribution is -0.117. The molecule has 0 radical (unpaired) electrons. The number of nitrogens with zero attached hydrogens (tertiary/aromatic N) is 3. The molecule has 1 aromatic heterocycles. The number of nitrogens with one attached hydrogen (secondary N) is 1. The Morgan fingerprint density at radius 2 is 1.81 bits per heavy atom. The van der Waals surface area contributed by atoms with E-state index in [-0.39, 0.29) is 5.91 Å². The summed E-state index contributed by atoms with van der Waals surface area (Å²) in [4.78, 5) is 21.5. The van der Waals surface area contributed by atoms with Crippen LogP contribution < -0.4 is 10.2 Å². The first kappa shape index (κ1) is 17.5. The normalized spacial score (nSPS) is 15.3. The minimum absolute atomic E-state index is 0.0285. The summed E-state index contributed by atoms with van der Waals surface area (Å²) in [7, 11) is 0. The first-order valence-corrected chi connectivity index (χ1v) is 10.2. The lowest BCUT2D eigenvalue weighted by Gasteiger charge is -2.34. The highest BCUT2D eigenvalue weighted by Gasteiger charge is 2.21. The van der Waals surface area contributed by atoms with Crippen molar-refractivity contribution in [2.45, 2.75) is 0 Å². The van der Waals surface area contributed by atoms with Gasteiger partial charge in [-0.3, -0.25) is 9.69 Å². The van der Waals surface area contributed by atoms with Gasteiger partial charge in [0.25, 0.3) is 0 Å². The molecule has 4 rings (SSSR count). The van der Waals surface area contributed by atoms with E-state index in [1.54, 1.807) is 11.3 Å². The molecule has 0 saturated carbocycles. The number of aromatic nitrogens is 1. The summed E-state index contributed by atoms with van der Waals surface area (Å²) in [6.45, 7) is 3.94. The summed E-state index contributed by atoms with van der Waals surface area (Å²) in [6.07, 6.45) is 0. The number of amides is 1. The molecule has 5 nitrogen and oxygen atoms in total. The topological polar surface area (TPSA) is 48.5 Å². The Labute approximate surface area is 164 Å². The van der Waals surface area contributed by atoms with Crippen LogP contribution >= 0.6 is 27.3 Å².